The van der Waals surface area contributed by atoms with E-state index in [9.17, 15) is 294 Å². The van der Waals surface area contributed by atoms with E-state index in [2.05, 4.69) is 9.05 Å². The molecule has 0 aliphatic heterocycles. The molecule has 107 heavy (non-hydrogen) atoms. The Morgan fingerprint density at radius 1 is 0.159 bits per heavy atom. The first-order valence-electron chi connectivity index (χ1n) is 23.0. The Kier molecular flexibility index (Phi) is 24.7. The van der Waals surface area contributed by atoms with Crippen molar-refractivity contribution in [3.8, 4) is 0 Å². The van der Waals surface area contributed by atoms with Gasteiger partial charge >= 0.3 is 198 Å². The maximum Gasteiger partial charge on any atom is 0.472 e. The summed E-state index contributed by atoms with van der Waals surface area (Å²) in [5, 5.41) is 0. The van der Waals surface area contributed by atoms with Gasteiger partial charge in [0.25, 0.3) is 0 Å². The molecule has 0 fully saturated rings. The van der Waals surface area contributed by atoms with Gasteiger partial charge in [-0.3, -0.25) is 9.05 Å². The third-order valence-electron chi connectivity index (χ3n) is 13.2. The second-order valence-electron chi connectivity index (χ2n) is 20.1. The highest BCUT2D eigenvalue weighted by atomic mass is 31.2. The Morgan fingerprint density at radius 3 is 0.336 bits per heavy atom. The molecule has 1 N–H and O–H groups in total. The Morgan fingerprint density at radius 2 is 0.243 bits per heavy atom. The molecule has 0 bridgehead atoms. The van der Waals surface area contributed by atoms with Crippen LogP contribution in [-0.2, 0) is 13.6 Å². The second kappa shape index (κ2) is 25.8. The summed E-state index contributed by atoms with van der Waals surface area (Å²) in [6.45, 7) is -7.58. The van der Waals surface area contributed by atoms with E-state index < -0.39 is 224 Å². The molecule has 0 aromatic heterocycles. The summed E-state index contributed by atoms with van der Waals surface area (Å²) in [5.41, 5.74) is 0. The van der Waals surface area contributed by atoms with Crippen LogP contribution in [0, 0.1) is 0 Å². The summed E-state index contributed by atoms with van der Waals surface area (Å²) >= 11 is 0. The molecule has 644 valence electrons. The fraction of sp³-hybridized carbons (Fsp3) is 1.00. The number of rotatable bonds is 36. The molecule has 0 spiro atoms. The lowest BCUT2D eigenvalue weighted by Crippen LogP contribution is -2.80. The van der Waals surface area contributed by atoms with Gasteiger partial charge < -0.3 is 4.89 Å². The van der Waals surface area contributed by atoms with Crippen LogP contribution in [0.25, 0.3) is 0 Å². The zero-order valence-corrected chi connectivity index (χ0v) is 46.8. The van der Waals surface area contributed by atoms with Crippen LogP contribution in [0.2, 0.25) is 0 Å². The van der Waals surface area contributed by atoms with Gasteiger partial charge in [-0.15, -0.1) is 0 Å². The van der Waals surface area contributed by atoms with Gasteiger partial charge in [-0.05, 0) is 0 Å². The minimum atomic E-state index is -10.7. The van der Waals surface area contributed by atoms with E-state index in [1.165, 1.54) is 0 Å². The fourth-order valence-electron chi connectivity index (χ4n) is 6.48. The van der Waals surface area contributed by atoms with Gasteiger partial charge in [-0.1, -0.05) is 0 Å². The number of hydrogen-bond acceptors (Lipinski definition) is 3. The topological polar surface area (TPSA) is 55.8 Å². The van der Waals surface area contributed by atoms with Gasteiger partial charge in [0.15, 0.2) is 0 Å². The van der Waals surface area contributed by atoms with E-state index in [-0.39, 0.29) is 0 Å². The van der Waals surface area contributed by atoms with Crippen molar-refractivity contribution in [2.24, 2.45) is 0 Å². The molecular formula is C36H9F66O4P. The SMILES string of the molecule is O=P(O)(OCCC(F)(F)C(F)(F)C(F)(F)C(F)(F)C(F)(F)C(F)(F)C(F)(F)C(F)(F)C(F)(F)C(F)(F)C(F)(F)C(F)(F)C(F)(F)C(F)(F)C(F)(F)C(F)(F)F)OCCC(F)(F)C(F)(F)C(F)(F)C(F)(F)C(F)(F)C(F)(F)C(F)(F)C(F)(F)C(F)(F)C(F)(F)C(F)(F)C(F)(F)C(F)(F)C(F)(F)C(F)(F)C(F)(F)F. The zero-order valence-electron chi connectivity index (χ0n) is 45.9. The first-order chi connectivity index (χ1) is 44.9. The lowest BCUT2D eigenvalue weighted by molar-refractivity contribution is -0.491. The lowest BCUT2D eigenvalue weighted by Gasteiger charge is -2.47. The molecule has 4 nitrogen and oxygen atoms in total. The quantitative estimate of drug-likeness (QED) is 0.0502. The monoisotopic (exact) mass is 1790 g/mol. The number of alkyl halides is 66. The van der Waals surface area contributed by atoms with Crippen molar-refractivity contribution < 1.29 is 308 Å². The van der Waals surface area contributed by atoms with Gasteiger partial charge in [-0.25, -0.2) is 4.57 Å². The van der Waals surface area contributed by atoms with Crippen molar-refractivity contribution in [2.45, 2.75) is 203 Å². The summed E-state index contributed by atoms with van der Waals surface area (Å²) < 4.78 is 929. The predicted octanol–water partition coefficient (Wildman–Crippen LogP) is 22.1. The van der Waals surface area contributed by atoms with Gasteiger partial charge in [0.1, 0.15) is 0 Å². The second-order valence-corrected chi connectivity index (χ2v) is 21.6. The maximum absolute atomic E-state index is 14.3. The third-order valence-corrected chi connectivity index (χ3v) is 14.2. The van der Waals surface area contributed by atoms with Crippen LogP contribution in [-0.4, -0.2) is 208 Å². The minimum absolute atomic E-state index is 2.71. The fourth-order valence-corrected chi connectivity index (χ4v) is 7.20. The van der Waals surface area contributed by atoms with Gasteiger partial charge in [0.2, 0.25) is 0 Å². The average Bonchev–Trinajstić information content (AvgIpc) is 0.681. The molecule has 0 heterocycles. The van der Waals surface area contributed by atoms with Crippen molar-refractivity contribution in [2.75, 3.05) is 13.2 Å². The van der Waals surface area contributed by atoms with E-state index in [1.807, 2.05) is 0 Å². The van der Waals surface area contributed by atoms with E-state index in [1.54, 1.807) is 0 Å². The Labute approximate surface area is 533 Å². The first-order valence-corrected chi connectivity index (χ1v) is 24.5. The van der Waals surface area contributed by atoms with Crippen molar-refractivity contribution in [1.82, 2.24) is 0 Å². The van der Waals surface area contributed by atoms with Crippen molar-refractivity contribution in [3.05, 3.63) is 0 Å². The third kappa shape index (κ3) is 12.7. The Hall–Kier alpha value is -4.51. The molecule has 0 aromatic rings. The molecule has 0 amide bonds. The van der Waals surface area contributed by atoms with E-state index in [0.717, 1.165) is 0 Å². The average molecular weight is 1790 g/mol. The summed E-state index contributed by atoms with van der Waals surface area (Å²) in [6.07, 6.45) is -26.2. The summed E-state index contributed by atoms with van der Waals surface area (Å²) in [7, 11) is -7.70. The smallest absolute Gasteiger partial charge is 0.302 e. The predicted molar refractivity (Wildman–Crippen MR) is 191 cm³/mol. The van der Waals surface area contributed by atoms with Gasteiger partial charge in [-0.2, -0.15) is 290 Å². The Bertz CT molecular complexity index is 2980. The molecule has 0 radical (unpaired) electrons. The van der Waals surface area contributed by atoms with E-state index in [4.69, 9.17) is 4.89 Å². The van der Waals surface area contributed by atoms with Crippen molar-refractivity contribution >= 4 is 7.82 Å². The number of hydrogen-bond donors (Lipinski definition) is 1. The molecule has 0 atom stereocenters. The molecular weight excluding hydrogens is 1780 g/mol. The molecule has 0 aliphatic carbocycles. The summed E-state index contributed by atoms with van der Waals surface area (Å²) in [6, 6.07) is 0. The van der Waals surface area contributed by atoms with Crippen molar-refractivity contribution in [3.63, 3.8) is 0 Å². The van der Waals surface area contributed by atoms with Crippen LogP contribution in [0.5, 0.6) is 0 Å². The van der Waals surface area contributed by atoms with Gasteiger partial charge in [0.05, 0.1) is 13.2 Å². The number of halogens is 66. The van der Waals surface area contributed by atoms with Gasteiger partial charge in [0, 0.05) is 12.8 Å². The van der Waals surface area contributed by atoms with Crippen LogP contribution in [0.4, 0.5) is 290 Å². The van der Waals surface area contributed by atoms with Crippen molar-refractivity contribution in [1.29, 1.82) is 0 Å². The summed E-state index contributed by atoms with van der Waals surface area (Å²) in [4.78, 5) is 9.07. The highest BCUT2D eigenvalue weighted by molar-refractivity contribution is 7.47. The molecule has 71 heteroatoms. The van der Waals surface area contributed by atoms with E-state index >= 15 is 0 Å². The minimum Gasteiger partial charge on any atom is -0.302 e. The highest BCUT2D eigenvalue weighted by Gasteiger charge is 3.05. The lowest BCUT2D eigenvalue weighted by atomic mass is 9.82. The van der Waals surface area contributed by atoms with Crippen LogP contribution in [0.1, 0.15) is 12.8 Å². The van der Waals surface area contributed by atoms with E-state index in [0.29, 0.717) is 0 Å². The van der Waals surface area contributed by atoms with Crippen LogP contribution in [0.15, 0.2) is 0 Å². The number of phosphoric ester groups is 1. The molecule has 0 rings (SSSR count). The zero-order chi connectivity index (χ0) is 88.7. The van der Waals surface area contributed by atoms with Crippen LogP contribution >= 0.6 is 7.82 Å². The highest BCUT2D eigenvalue weighted by Crippen LogP contribution is 2.74. The molecule has 0 aliphatic rings. The maximum atomic E-state index is 14.3. The van der Waals surface area contributed by atoms with Crippen LogP contribution in [0.3, 0.4) is 0 Å². The van der Waals surface area contributed by atoms with Crippen LogP contribution < -0.4 is 0 Å². The molecule has 0 unspecified atom stereocenters. The molecule has 0 saturated heterocycles. The molecule has 0 aromatic carbocycles. The largest absolute Gasteiger partial charge is 0.472 e. The first kappa shape index (κ1) is 102. The number of phosphoric acid groups is 1. The normalized spacial score (nSPS) is 17.4. The Balaban J connectivity index is 7.34. The summed E-state index contributed by atoms with van der Waals surface area (Å²) in [5.74, 6) is -302. The standard InChI is InChI=1S/C36H9F66O4P/c37-5(38,7(41,42)9(45,46)11(49,50)13(53,54)15(57,58)17(61,62)19(65,66)21(69,70)23(73,74)25(77,78)27(81,82)29(85,86)31(89,90)33(93,94)35(97,98)99)1-3-105-107(103,104)106-4-2-6(39,40)8(43,44)10(47,48)12(51,52)14(55,56)16(59,60)18(63,64)20(67,68)22(71,72)24(75,76)26(79,80)28(83,84)30(87,88)32(91,92)34(95,96)36(100,101)102/h1-4H2,(H,103,104). The molecule has 0 saturated carbocycles.